The third-order valence-electron chi connectivity index (χ3n) is 3.67. The smallest absolute Gasteiger partial charge is 0.147 e. The monoisotopic (exact) mass is 273 g/mol. The quantitative estimate of drug-likeness (QED) is 0.784. The van der Waals surface area contributed by atoms with Crippen LogP contribution in [0.15, 0.2) is 18.3 Å². The molecule has 0 aliphatic carbocycles. The van der Waals surface area contributed by atoms with Gasteiger partial charge in [-0.15, -0.1) is 12.4 Å². The van der Waals surface area contributed by atoms with E-state index in [4.69, 9.17) is 11.6 Å². The van der Waals surface area contributed by atoms with Crippen molar-refractivity contribution in [3.8, 4) is 0 Å². The summed E-state index contributed by atoms with van der Waals surface area (Å²) in [6.45, 7) is 4.65. The highest BCUT2D eigenvalue weighted by molar-refractivity contribution is 6.32. The van der Waals surface area contributed by atoms with Crippen LogP contribution in [0, 0.1) is 0 Å². The van der Waals surface area contributed by atoms with Gasteiger partial charge in [0.25, 0.3) is 0 Å². The van der Waals surface area contributed by atoms with E-state index >= 15 is 0 Å². The van der Waals surface area contributed by atoms with Crippen molar-refractivity contribution < 1.29 is 0 Å². The Morgan fingerprint density at radius 2 is 1.94 bits per heavy atom. The lowest BCUT2D eigenvalue weighted by molar-refractivity contribution is 0.250. The van der Waals surface area contributed by atoms with E-state index in [1.165, 1.54) is 25.9 Å². The van der Waals surface area contributed by atoms with E-state index < -0.39 is 0 Å². The van der Waals surface area contributed by atoms with Crippen molar-refractivity contribution in [2.45, 2.75) is 18.9 Å². The molecule has 0 amide bonds. The fourth-order valence-corrected chi connectivity index (χ4v) is 2.98. The van der Waals surface area contributed by atoms with Gasteiger partial charge in [-0.25, -0.2) is 4.98 Å². The molecule has 94 valence electrons. The number of pyridine rings is 1. The topological polar surface area (TPSA) is 19.4 Å². The minimum atomic E-state index is 0. The lowest BCUT2D eigenvalue weighted by Gasteiger charge is -2.32. The molecule has 4 heterocycles. The number of nitrogens with zero attached hydrogens (tertiary/aromatic N) is 3. The summed E-state index contributed by atoms with van der Waals surface area (Å²) in [4.78, 5) is 9.37. The third kappa shape index (κ3) is 2.51. The molecule has 0 atom stereocenters. The van der Waals surface area contributed by atoms with Crippen LogP contribution in [0.3, 0.4) is 0 Å². The third-order valence-corrected chi connectivity index (χ3v) is 3.96. The molecule has 0 spiro atoms. The van der Waals surface area contributed by atoms with Gasteiger partial charge in [0.15, 0.2) is 0 Å². The number of hydrogen-bond acceptors (Lipinski definition) is 3. The Morgan fingerprint density at radius 3 is 2.65 bits per heavy atom. The summed E-state index contributed by atoms with van der Waals surface area (Å²) in [5.74, 6) is 0.970. The first kappa shape index (κ1) is 12.9. The summed E-state index contributed by atoms with van der Waals surface area (Å²) in [6.07, 6.45) is 4.32. The average Bonchev–Trinajstić information content (AvgIpc) is 2.63. The molecule has 0 aromatic carbocycles. The minimum Gasteiger partial charge on any atom is -0.351 e. The van der Waals surface area contributed by atoms with Crippen LogP contribution in [-0.2, 0) is 0 Å². The molecule has 3 saturated heterocycles. The molecule has 0 unspecified atom stereocenters. The molecule has 4 rings (SSSR count). The predicted octanol–water partition coefficient (Wildman–Crippen LogP) is 2.44. The lowest BCUT2D eigenvalue weighted by Crippen LogP contribution is -2.38. The van der Waals surface area contributed by atoms with Crippen molar-refractivity contribution in [3.63, 3.8) is 0 Å². The average molecular weight is 274 g/mol. The maximum atomic E-state index is 6.23. The highest BCUT2D eigenvalue weighted by Gasteiger charge is 2.30. The Kier molecular flexibility index (Phi) is 4.13. The number of hydrogen-bond donors (Lipinski definition) is 0. The predicted molar refractivity (Wildman–Crippen MR) is 73.3 cm³/mol. The minimum absolute atomic E-state index is 0. The molecule has 0 saturated carbocycles. The largest absolute Gasteiger partial charge is 0.351 e. The Bertz CT molecular complexity index is 378. The summed E-state index contributed by atoms with van der Waals surface area (Å²) >= 11 is 6.23. The molecule has 17 heavy (non-hydrogen) atoms. The Hall–Kier alpha value is -0.510. The van der Waals surface area contributed by atoms with Crippen molar-refractivity contribution in [1.29, 1.82) is 0 Å². The van der Waals surface area contributed by atoms with Crippen LogP contribution in [0.25, 0.3) is 0 Å². The van der Waals surface area contributed by atoms with Crippen molar-refractivity contribution in [3.05, 3.63) is 23.4 Å². The molecule has 3 aliphatic heterocycles. The van der Waals surface area contributed by atoms with Gasteiger partial charge in [0.1, 0.15) is 5.82 Å². The van der Waals surface area contributed by atoms with Gasteiger partial charge >= 0.3 is 0 Å². The number of piperidine rings is 1. The molecule has 0 radical (unpaired) electrons. The zero-order valence-corrected chi connectivity index (χ0v) is 11.3. The number of fused-ring (bicyclic) bond motifs is 4. The Morgan fingerprint density at radius 1 is 1.18 bits per heavy atom. The summed E-state index contributed by atoms with van der Waals surface area (Å²) in [5.41, 5.74) is 0. The number of rotatable bonds is 1. The molecule has 1 aromatic rings. The van der Waals surface area contributed by atoms with Gasteiger partial charge in [-0.1, -0.05) is 11.6 Å². The van der Waals surface area contributed by atoms with Crippen molar-refractivity contribution in [2.24, 2.45) is 0 Å². The van der Waals surface area contributed by atoms with Crippen LogP contribution in [0.1, 0.15) is 12.8 Å². The maximum absolute atomic E-state index is 6.23. The summed E-state index contributed by atoms with van der Waals surface area (Å²) in [7, 11) is 0. The fraction of sp³-hybridized carbons (Fsp3) is 0.583. The normalized spacial score (nSPS) is 27.5. The second kappa shape index (κ2) is 5.42. The van der Waals surface area contributed by atoms with E-state index in [1.807, 2.05) is 18.3 Å². The van der Waals surface area contributed by atoms with Crippen LogP contribution >= 0.6 is 24.0 Å². The van der Waals surface area contributed by atoms with E-state index in [1.54, 1.807) is 0 Å². The van der Waals surface area contributed by atoms with E-state index in [9.17, 15) is 0 Å². The highest BCUT2D eigenvalue weighted by Crippen LogP contribution is 2.29. The van der Waals surface area contributed by atoms with Crippen LogP contribution in [-0.4, -0.2) is 42.1 Å². The van der Waals surface area contributed by atoms with Gasteiger partial charge in [-0.05, 0) is 25.0 Å². The lowest BCUT2D eigenvalue weighted by atomic mass is 10.1. The SMILES string of the molecule is Cl.Clc1cccnc1N1CCN2CCC1CC2. The maximum Gasteiger partial charge on any atom is 0.147 e. The summed E-state index contributed by atoms with van der Waals surface area (Å²) in [6, 6.07) is 4.46. The zero-order chi connectivity index (χ0) is 11.0. The Balaban J connectivity index is 0.00000108. The summed E-state index contributed by atoms with van der Waals surface area (Å²) in [5, 5.41) is 0.780. The number of halogens is 2. The molecular formula is C12H17Cl2N3. The van der Waals surface area contributed by atoms with E-state index in [2.05, 4.69) is 14.8 Å². The van der Waals surface area contributed by atoms with Crippen LogP contribution in [0.2, 0.25) is 5.02 Å². The molecule has 0 N–H and O–H groups in total. The van der Waals surface area contributed by atoms with Gasteiger partial charge in [-0.3, -0.25) is 0 Å². The van der Waals surface area contributed by atoms with Gasteiger partial charge in [0, 0.05) is 38.4 Å². The molecule has 3 aliphatic rings. The second-order valence-electron chi connectivity index (χ2n) is 4.58. The molecule has 1 aromatic heterocycles. The van der Waals surface area contributed by atoms with Crippen molar-refractivity contribution in [2.75, 3.05) is 31.1 Å². The van der Waals surface area contributed by atoms with Gasteiger partial charge in [0.05, 0.1) is 5.02 Å². The number of anilines is 1. The van der Waals surface area contributed by atoms with Crippen LogP contribution < -0.4 is 4.90 Å². The fourth-order valence-electron chi connectivity index (χ4n) is 2.75. The van der Waals surface area contributed by atoms with E-state index in [0.717, 1.165) is 23.9 Å². The molecule has 2 bridgehead atoms. The molecular weight excluding hydrogens is 257 g/mol. The first-order valence-electron chi connectivity index (χ1n) is 5.94. The molecule has 5 heteroatoms. The zero-order valence-electron chi connectivity index (χ0n) is 9.68. The van der Waals surface area contributed by atoms with Gasteiger partial charge < -0.3 is 9.80 Å². The number of aromatic nitrogens is 1. The van der Waals surface area contributed by atoms with Crippen LogP contribution in [0.5, 0.6) is 0 Å². The first-order chi connectivity index (χ1) is 7.84. The standard InChI is InChI=1S/C12H16ClN3.ClH/c13-11-2-1-5-14-12(11)16-9-8-15-6-3-10(16)4-7-15;/h1-2,5,10H,3-4,6-9H2;1H. The van der Waals surface area contributed by atoms with Crippen molar-refractivity contribution in [1.82, 2.24) is 9.88 Å². The van der Waals surface area contributed by atoms with Gasteiger partial charge in [-0.2, -0.15) is 0 Å². The van der Waals surface area contributed by atoms with Gasteiger partial charge in [0.2, 0.25) is 0 Å². The van der Waals surface area contributed by atoms with Crippen LogP contribution in [0.4, 0.5) is 5.82 Å². The van der Waals surface area contributed by atoms with Crippen molar-refractivity contribution >= 4 is 29.8 Å². The molecule has 3 nitrogen and oxygen atoms in total. The molecule has 3 fully saturated rings. The van der Waals surface area contributed by atoms with E-state index in [-0.39, 0.29) is 12.4 Å². The Labute approximate surface area is 113 Å². The highest BCUT2D eigenvalue weighted by atomic mass is 35.5. The first-order valence-corrected chi connectivity index (χ1v) is 6.32. The van der Waals surface area contributed by atoms with E-state index in [0.29, 0.717) is 6.04 Å². The summed E-state index contributed by atoms with van der Waals surface area (Å²) < 4.78 is 0. The second-order valence-corrected chi connectivity index (χ2v) is 4.98.